The van der Waals surface area contributed by atoms with Gasteiger partial charge in [0, 0.05) is 49.8 Å². The molecule has 0 radical (unpaired) electrons. The normalized spacial score (nSPS) is 15.4. The van der Waals surface area contributed by atoms with Crippen LogP contribution in [0.5, 0.6) is 0 Å². The topological polar surface area (TPSA) is 62.6 Å². The van der Waals surface area contributed by atoms with Crippen LogP contribution in [0.1, 0.15) is 10.4 Å². The minimum Gasteiger partial charge on any atom is -0.336 e. The highest BCUT2D eigenvalue weighted by Crippen LogP contribution is 2.19. The molecule has 1 fully saturated rings. The summed E-state index contributed by atoms with van der Waals surface area (Å²) in [7, 11) is -3.70. The number of aromatic nitrogens is 1. The van der Waals surface area contributed by atoms with Gasteiger partial charge >= 0.3 is 0 Å². The van der Waals surface area contributed by atoms with Gasteiger partial charge in [-0.2, -0.15) is 4.31 Å². The molecule has 0 spiro atoms. The van der Waals surface area contributed by atoms with Gasteiger partial charge in [-0.05, 0) is 60.7 Å². The molecule has 1 saturated heterocycles. The van der Waals surface area contributed by atoms with Crippen molar-refractivity contribution in [3.8, 4) is 5.69 Å². The molecule has 1 amide bonds. The highest BCUT2D eigenvalue weighted by molar-refractivity contribution is 7.89. The molecule has 3 aromatic rings. The van der Waals surface area contributed by atoms with Crippen molar-refractivity contribution < 1.29 is 17.6 Å². The van der Waals surface area contributed by atoms with E-state index in [1.807, 2.05) is 41.2 Å². The molecule has 0 aliphatic carbocycles. The maximum Gasteiger partial charge on any atom is 0.253 e. The molecule has 1 aliphatic rings. The van der Waals surface area contributed by atoms with Gasteiger partial charge in [0.2, 0.25) is 10.0 Å². The predicted octanol–water partition coefficient (Wildman–Crippen LogP) is 2.76. The van der Waals surface area contributed by atoms with Gasteiger partial charge in [-0.3, -0.25) is 4.79 Å². The molecule has 150 valence electrons. The lowest BCUT2D eigenvalue weighted by Gasteiger charge is -2.34. The zero-order chi connectivity index (χ0) is 20.4. The second-order valence-corrected chi connectivity index (χ2v) is 8.73. The molecule has 29 heavy (non-hydrogen) atoms. The van der Waals surface area contributed by atoms with Gasteiger partial charge in [-0.15, -0.1) is 0 Å². The minimum atomic E-state index is -3.70. The number of hydrogen-bond acceptors (Lipinski definition) is 3. The van der Waals surface area contributed by atoms with Gasteiger partial charge < -0.3 is 9.47 Å². The largest absolute Gasteiger partial charge is 0.336 e. The summed E-state index contributed by atoms with van der Waals surface area (Å²) in [5.41, 5.74) is 1.53. The monoisotopic (exact) mass is 413 g/mol. The zero-order valence-electron chi connectivity index (χ0n) is 15.6. The van der Waals surface area contributed by atoms with Crippen molar-refractivity contribution >= 4 is 15.9 Å². The molecule has 0 N–H and O–H groups in total. The Morgan fingerprint density at radius 3 is 2.00 bits per heavy atom. The first-order valence-corrected chi connectivity index (χ1v) is 10.7. The average molecular weight is 413 g/mol. The van der Waals surface area contributed by atoms with Crippen LogP contribution in [0.3, 0.4) is 0 Å². The fourth-order valence-electron chi connectivity index (χ4n) is 3.35. The molecule has 6 nitrogen and oxygen atoms in total. The Morgan fingerprint density at radius 1 is 0.828 bits per heavy atom. The molecule has 1 aromatic heterocycles. The van der Waals surface area contributed by atoms with Gasteiger partial charge in [0.05, 0.1) is 4.90 Å². The second-order valence-electron chi connectivity index (χ2n) is 6.79. The van der Waals surface area contributed by atoms with Crippen LogP contribution in [0.4, 0.5) is 4.39 Å². The van der Waals surface area contributed by atoms with E-state index in [0.717, 1.165) is 17.8 Å². The maximum absolute atomic E-state index is 13.1. The summed E-state index contributed by atoms with van der Waals surface area (Å²) >= 11 is 0. The highest BCUT2D eigenvalue weighted by Gasteiger charge is 2.30. The number of nitrogens with zero attached hydrogens (tertiary/aromatic N) is 3. The molecule has 0 atom stereocenters. The number of sulfonamides is 1. The van der Waals surface area contributed by atoms with Crippen molar-refractivity contribution in [3.05, 3.63) is 84.4 Å². The minimum absolute atomic E-state index is 0.0549. The number of carbonyl (C=O) groups is 1. The highest BCUT2D eigenvalue weighted by atomic mass is 32.2. The summed E-state index contributed by atoms with van der Waals surface area (Å²) in [6.45, 7) is 1.01. The maximum atomic E-state index is 13.1. The van der Waals surface area contributed by atoms with Crippen molar-refractivity contribution in [3.63, 3.8) is 0 Å². The standard InChI is InChI=1S/C21H20FN3O3S/c22-18-5-9-20(10-6-18)29(27,28)25-15-13-24(14-16-25)21(26)17-3-7-19(8-4-17)23-11-1-2-12-23/h1-12H,13-16H2. The van der Waals surface area contributed by atoms with Crippen LogP contribution >= 0.6 is 0 Å². The summed E-state index contributed by atoms with van der Waals surface area (Å²) in [6, 6.07) is 15.9. The van der Waals surface area contributed by atoms with Gasteiger partial charge in [0.25, 0.3) is 5.91 Å². The van der Waals surface area contributed by atoms with E-state index in [4.69, 9.17) is 0 Å². The molecule has 2 heterocycles. The predicted molar refractivity (Wildman–Crippen MR) is 107 cm³/mol. The lowest BCUT2D eigenvalue weighted by Crippen LogP contribution is -2.50. The third-order valence-corrected chi connectivity index (χ3v) is 6.91. The van der Waals surface area contributed by atoms with Crippen LogP contribution < -0.4 is 0 Å². The van der Waals surface area contributed by atoms with E-state index >= 15 is 0 Å². The first-order chi connectivity index (χ1) is 13.9. The lowest BCUT2D eigenvalue weighted by atomic mass is 10.1. The van der Waals surface area contributed by atoms with Crippen LogP contribution in [0.2, 0.25) is 0 Å². The Morgan fingerprint density at radius 2 is 1.41 bits per heavy atom. The summed E-state index contributed by atoms with van der Waals surface area (Å²) in [5, 5.41) is 0. The van der Waals surface area contributed by atoms with Gasteiger partial charge in [0.1, 0.15) is 5.82 Å². The summed E-state index contributed by atoms with van der Waals surface area (Å²) in [4.78, 5) is 14.5. The first kappa shape index (κ1) is 19.4. The number of benzene rings is 2. The van der Waals surface area contributed by atoms with E-state index in [1.165, 1.54) is 16.4 Å². The Balaban J connectivity index is 1.41. The fourth-order valence-corrected chi connectivity index (χ4v) is 4.77. The fraction of sp³-hybridized carbons (Fsp3) is 0.190. The molecule has 4 rings (SSSR count). The van der Waals surface area contributed by atoms with Crippen LogP contribution in [0.25, 0.3) is 5.69 Å². The summed E-state index contributed by atoms with van der Waals surface area (Å²) < 4.78 is 41.7. The Labute approximate surface area is 168 Å². The number of rotatable bonds is 4. The van der Waals surface area contributed by atoms with Crippen molar-refractivity contribution in [2.75, 3.05) is 26.2 Å². The summed E-state index contributed by atoms with van der Waals surface area (Å²) in [6.07, 6.45) is 3.86. The average Bonchev–Trinajstić information content (AvgIpc) is 3.29. The molecule has 0 unspecified atom stereocenters. The molecule has 0 bridgehead atoms. The third-order valence-electron chi connectivity index (χ3n) is 4.99. The Hall–Kier alpha value is -2.97. The quantitative estimate of drug-likeness (QED) is 0.661. The number of hydrogen-bond donors (Lipinski definition) is 0. The molecule has 8 heteroatoms. The SMILES string of the molecule is O=C(c1ccc(-n2cccc2)cc1)N1CCN(S(=O)(=O)c2ccc(F)cc2)CC1. The smallest absolute Gasteiger partial charge is 0.253 e. The number of amides is 1. The van der Waals surface area contributed by atoms with E-state index in [1.54, 1.807) is 17.0 Å². The van der Waals surface area contributed by atoms with Crippen molar-refractivity contribution in [2.24, 2.45) is 0 Å². The zero-order valence-corrected chi connectivity index (χ0v) is 16.4. The van der Waals surface area contributed by atoms with Crippen LogP contribution in [0.15, 0.2) is 78.0 Å². The summed E-state index contributed by atoms with van der Waals surface area (Å²) in [5.74, 6) is -0.606. The number of piperazine rings is 1. The van der Waals surface area contributed by atoms with Crippen molar-refractivity contribution in [1.82, 2.24) is 13.8 Å². The number of halogens is 1. The van der Waals surface area contributed by atoms with E-state index < -0.39 is 15.8 Å². The van der Waals surface area contributed by atoms with Gasteiger partial charge in [0.15, 0.2) is 0 Å². The molecule has 2 aromatic carbocycles. The second kappa shape index (κ2) is 7.81. The Kier molecular flexibility index (Phi) is 5.21. The molecular weight excluding hydrogens is 393 g/mol. The van der Waals surface area contributed by atoms with E-state index in [9.17, 15) is 17.6 Å². The number of carbonyl (C=O) groups excluding carboxylic acids is 1. The third kappa shape index (κ3) is 3.94. The van der Waals surface area contributed by atoms with Crippen molar-refractivity contribution in [1.29, 1.82) is 0 Å². The van der Waals surface area contributed by atoms with Gasteiger partial charge in [-0.25, -0.2) is 12.8 Å². The van der Waals surface area contributed by atoms with E-state index in [2.05, 4.69) is 0 Å². The molecule has 1 aliphatic heterocycles. The molecule has 0 saturated carbocycles. The van der Waals surface area contributed by atoms with Gasteiger partial charge in [-0.1, -0.05) is 0 Å². The van der Waals surface area contributed by atoms with E-state index in [0.29, 0.717) is 18.7 Å². The lowest BCUT2D eigenvalue weighted by molar-refractivity contribution is 0.0698. The van der Waals surface area contributed by atoms with Crippen LogP contribution in [-0.2, 0) is 10.0 Å². The Bertz CT molecular complexity index is 1090. The first-order valence-electron chi connectivity index (χ1n) is 9.23. The molecular formula is C21H20FN3O3S. The van der Waals surface area contributed by atoms with Crippen LogP contribution in [0, 0.1) is 5.82 Å². The van der Waals surface area contributed by atoms with Crippen LogP contribution in [-0.4, -0.2) is 54.3 Å². The van der Waals surface area contributed by atoms with E-state index in [-0.39, 0.29) is 23.9 Å². The van der Waals surface area contributed by atoms with Crippen molar-refractivity contribution in [2.45, 2.75) is 4.90 Å².